The number of rotatable bonds is 4. The fourth-order valence-corrected chi connectivity index (χ4v) is 1.46. The predicted molar refractivity (Wildman–Crippen MR) is 62.8 cm³/mol. The number of aromatic nitrogens is 2. The van der Waals surface area contributed by atoms with Crippen LogP contribution in [0.4, 0.5) is 5.69 Å². The molecule has 0 saturated heterocycles. The second kappa shape index (κ2) is 4.79. The van der Waals surface area contributed by atoms with Gasteiger partial charge in [0.05, 0.1) is 18.4 Å². The highest BCUT2D eigenvalue weighted by Crippen LogP contribution is 2.14. The van der Waals surface area contributed by atoms with Gasteiger partial charge in [0.15, 0.2) is 5.69 Å². The van der Waals surface area contributed by atoms with E-state index < -0.39 is 5.91 Å². The van der Waals surface area contributed by atoms with Gasteiger partial charge < -0.3 is 16.5 Å². The summed E-state index contributed by atoms with van der Waals surface area (Å²) in [6.07, 6.45) is 4.00. The van der Waals surface area contributed by atoms with Gasteiger partial charge in [-0.1, -0.05) is 6.92 Å². The smallest absolute Gasteiger partial charge is 0.269 e. The molecule has 0 atom stereocenters. The summed E-state index contributed by atoms with van der Waals surface area (Å²) >= 11 is 0. The first-order valence-corrected chi connectivity index (χ1v) is 5.31. The molecule has 1 aromatic rings. The molecule has 2 rings (SSSR count). The first kappa shape index (κ1) is 11.3. The number of primary amides is 1. The van der Waals surface area contributed by atoms with Crippen LogP contribution >= 0.6 is 0 Å². The zero-order chi connectivity index (χ0) is 12.3. The average Bonchev–Trinajstić information content (AvgIpc) is 2.82. The number of carbonyl (C=O) groups excluding carboxylic acids is 1. The second-order valence-corrected chi connectivity index (χ2v) is 3.56. The molecule has 0 aromatic carbocycles. The first-order chi connectivity index (χ1) is 8.20. The van der Waals surface area contributed by atoms with E-state index in [0.29, 0.717) is 24.5 Å². The molecule has 1 aliphatic heterocycles. The Hall–Kier alpha value is -2.15. The lowest BCUT2D eigenvalue weighted by molar-refractivity contribution is 0.0996. The number of nitrogens with two attached hydrogens (primary N) is 1. The predicted octanol–water partition coefficient (Wildman–Crippen LogP) is -0.501. The van der Waals surface area contributed by atoms with E-state index in [1.807, 2.05) is 6.92 Å². The first-order valence-electron chi connectivity index (χ1n) is 5.31. The number of nitrogens with zero attached hydrogens (tertiary/aromatic N) is 2. The average molecular weight is 234 g/mol. The lowest BCUT2D eigenvalue weighted by Crippen LogP contribution is -2.22. The van der Waals surface area contributed by atoms with E-state index in [1.54, 1.807) is 12.4 Å². The van der Waals surface area contributed by atoms with Gasteiger partial charge in [-0.3, -0.25) is 4.79 Å². The Balaban J connectivity index is 2.28. The summed E-state index contributed by atoms with van der Waals surface area (Å²) in [7, 11) is 0. The monoisotopic (exact) mass is 234 g/mol. The molecule has 0 unspecified atom stereocenters. The van der Waals surface area contributed by atoms with Crippen LogP contribution in [0.15, 0.2) is 18.1 Å². The van der Waals surface area contributed by atoms with Crippen molar-refractivity contribution in [3.63, 3.8) is 0 Å². The van der Waals surface area contributed by atoms with Crippen molar-refractivity contribution < 1.29 is 4.79 Å². The van der Waals surface area contributed by atoms with Crippen molar-refractivity contribution in [3.05, 3.63) is 29.6 Å². The molecular weight excluding hydrogens is 220 g/mol. The quantitative estimate of drug-likeness (QED) is 0.559. The zero-order valence-electron chi connectivity index (χ0n) is 9.45. The molecule has 0 radical (unpaired) electrons. The molecule has 0 aliphatic carbocycles. The molecule has 1 aromatic heterocycles. The largest absolute Gasteiger partial charge is 0.364 e. The summed E-state index contributed by atoms with van der Waals surface area (Å²) in [4.78, 5) is 19.6. The van der Waals surface area contributed by atoms with Gasteiger partial charge in [-0.05, 0) is 0 Å². The van der Waals surface area contributed by atoms with Gasteiger partial charge in [-0.2, -0.15) is 0 Å². The van der Waals surface area contributed by atoms with Gasteiger partial charge in [-0.25, -0.2) is 15.4 Å². The van der Waals surface area contributed by atoms with Crippen LogP contribution in [0, 0.1) is 0 Å². The van der Waals surface area contributed by atoms with E-state index in [-0.39, 0.29) is 5.69 Å². The number of hydrazine groups is 1. The second-order valence-electron chi connectivity index (χ2n) is 3.56. The van der Waals surface area contributed by atoms with Gasteiger partial charge in [0, 0.05) is 18.3 Å². The minimum Gasteiger partial charge on any atom is -0.364 e. The molecule has 7 heteroatoms. The topological polar surface area (TPSA) is 105 Å². The van der Waals surface area contributed by atoms with Crippen LogP contribution in [0.2, 0.25) is 0 Å². The maximum absolute atomic E-state index is 11.3. The number of hydrogen-bond acceptors (Lipinski definition) is 6. The van der Waals surface area contributed by atoms with Gasteiger partial charge in [-0.15, -0.1) is 0 Å². The maximum atomic E-state index is 11.3. The molecular formula is C10H14N6O. The molecule has 1 amide bonds. The number of amides is 1. The Bertz CT molecular complexity index is 470. The number of nitrogens with one attached hydrogen (secondary N) is 3. The highest BCUT2D eigenvalue weighted by molar-refractivity contribution is 5.96. The fraction of sp³-hybridized carbons (Fsp3) is 0.300. The minimum absolute atomic E-state index is 0.213. The summed E-state index contributed by atoms with van der Waals surface area (Å²) in [6, 6.07) is 0. The molecule has 5 N–H and O–H groups in total. The third-order valence-electron chi connectivity index (χ3n) is 2.31. The summed E-state index contributed by atoms with van der Waals surface area (Å²) in [5, 5.41) is 3.05. The van der Waals surface area contributed by atoms with E-state index >= 15 is 0 Å². The maximum Gasteiger partial charge on any atom is 0.269 e. The minimum atomic E-state index is -0.566. The molecule has 7 nitrogen and oxygen atoms in total. The van der Waals surface area contributed by atoms with Gasteiger partial charge >= 0.3 is 0 Å². The Morgan fingerprint density at radius 1 is 1.65 bits per heavy atom. The van der Waals surface area contributed by atoms with E-state index in [1.165, 1.54) is 0 Å². The molecule has 0 saturated carbocycles. The summed E-state index contributed by atoms with van der Waals surface area (Å²) < 4.78 is 0. The Morgan fingerprint density at radius 3 is 3.06 bits per heavy atom. The van der Waals surface area contributed by atoms with E-state index in [4.69, 9.17) is 5.73 Å². The zero-order valence-corrected chi connectivity index (χ0v) is 9.45. The third kappa shape index (κ3) is 2.51. The van der Waals surface area contributed by atoms with E-state index in [9.17, 15) is 4.79 Å². The molecule has 90 valence electrons. The number of anilines is 1. The number of aryl methyl sites for hydroxylation is 1. The Labute approximate surface area is 98.5 Å². The highest BCUT2D eigenvalue weighted by atomic mass is 16.1. The van der Waals surface area contributed by atoms with Gasteiger partial charge in [0.25, 0.3) is 5.91 Å². The van der Waals surface area contributed by atoms with Crippen LogP contribution in [0.25, 0.3) is 0 Å². The van der Waals surface area contributed by atoms with E-state index in [2.05, 4.69) is 26.1 Å². The molecule has 0 fully saturated rings. The van der Waals surface area contributed by atoms with Crippen LogP contribution in [-0.2, 0) is 6.42 Å². The SMILES string of the molecule is CCc1ncc(NC2=CNNC2)c(C(N)=O)n1. The standard InChI is InChI=1S/C10H14N6O/c1-2-8-12-5-7(9(16-8)10(11)17)15-6-3-13-14-4-6/h3,5,13-15H,2,4H2,1H3,(H2,11,17). The van der Waals surface area contributed by atoms with Gasteiger partial charge in [0.1, 0.15) is 5.82 Å². The Morgan fingerprint density at radius 2 is 2.47 bits per heavy atom. The van der Waals surface area contributed by atoms with Crippen LogP contribution in [0.3, 0.4) is 0 Å². The van der Waals surface area contributed by atoms with Crippen LogP contribution in [0.1, 0.15) is 23.2 Å². The lowest BCUT2D eigenvalue weighted by atomic mass is 10.3. The third-order valence-corrected chi connectivity index (χ3v) is 2.31. The molecule has 0 bridgehead atoms. The number of carbonyl (C=O) groups is 1. The van der Waals surface area contributed by atoms with Crippen LogP contribution in [-0.4, -0.2) is 22.4 Å². The van der Waals surface area contributed by atoms with Crippen molar-refractivity contribution in [2.24, 2.45) is 5.73 Å². The van der Waals surface area contributed by atoms with Crippen molar-refractivity contribution in [3.8, 4) is 0 Å². The summed E-state index contributed by atoms with van der Waals surface area (Å²) in [5.74, 6) is 0.0325. The summed E-state index contributed by atoms with van der Waals surface area (Å²) in [5.41, 5.74) is 12.6. The highest BCUT2D eigenvalue weighted by Gasteiger charge is 2.13. The molecule has 1 aliphatic rings. The Kier molecular flexibility index (Phi) is 3.20. The van der Waals surface area contributed by atoms with Crippen LogP contribution in [0.5, 0.6) is 0 Å². The van der Waals surface area contributed by atoms with Crippen LogP contribution < -0.4 is 21.9 Å². The van der Waals surface area contributed by atoms with Crippen molar-refractivity contribution >= 4 is 11.6 Å². The lowest BCUT2D eigenvalue weighted by Gasteiger charge is -2.09. The normalized spacial score (nSPS) is 14.1. The van der Waals surface area contributed by atoms with Crippen molar-refractivity contribution in [1.29, 1.82) is 0 Å². The van der Waals surface area contributed by atoms with Crippen molar-refractivity contribution in [2.45, 2.75) is 13.3 Å². The summed E-state index contributed by atoms with van der Waals surface area (Å²) in [6.45, 7) is 2.55. The molecule has 0 spiro atoms. The van der Waals surface area contributed by atoms with E-state index in [0.717, 1.165) is 5.70 Å². The van der Waals surface area contributed by atoms with Crippen molar-refractivity contribution in [1.82, 2.24) is 20.8 Å². The molecule has 2 heterocycles. The van der Waals surface area contributed by atoms with Crippen molar-refractivity contribution in [2.75, 3.05) is 11.9 Å². The molecule has 17 heavy (non-hydrogen) atoms. The number of hydrogen-bond donors (Lipinski definition) is 4. The van der Waals surface area contributed by atoms with Gasteiger partial charge in [0.2, 0.25) is 0 Å². The fourth-order valence-electron chi connectivity index (χ4n) is 1.46.